The second-order valence-corrected chi connectivity index (χ2v) is 7.98. The van der Waals surface area contributed by atoms with Gasteiger partial charge in [0.15, 0.2) is 0 Å². The minimum atomic E-state index is 0. The second-order valence-electron chi connectivity index (χ2n) is 7.98. The SMILES string of the molecule is CC(C)N1CCOC(CN2CCN(C(=O)C3CCC(N)C3)CC2)C1.Cl.Cl.Cl. The van der Waals surface area contributed by atoms with E-state index in [2.05, 4.69) is 28.5 Å². The molecular formula is C18H37Cl3N4O2. The van der Waals surface area contributed by atoms with E-state index in [-0.39, 0.29) is 49.2 Å². The van der Waals surface area contributed by atoms with Crippen LogP contribution in [0.5, 0.6) is 0 Å². The Kier molecular flexibility index (Phi) is 12.8. The van der Waals surface area contributed by atoms with E-state index in [1.807, 2.05) is 0 Å². The number of halogens is 3. The maximum Gasteiger partial charge on any atom is 0.225 e. The molecule has 2 N–H and O–H groups in total. The maximum absolute atomic E-state index is 12.6. The van der Waals surface area contributed by atoms with Crippen LogP contribution in [0.4, 0.5) is 0 Å². The van der Waals surface area contributed by atoms with Crippen LogP contribution in [0.3, 0.4) is 0 Å². The molecule has 0 spiro atoms. The number of piperazine rings is 1. The monoisotopic (exact) mass is 446 g/mol. The van der Waals surface area contributed by atoms with E-state index < -0.39 is 0 Å². The summed E-state index contributed by atoms with van der Waals surface area (Å²) in [5.74, 6) is 0.510. The number of ether oxygens (including phenoxy) is 1. The summed E-state index contributed by atoms with van der Waals surface area (Å²) in [5, 5.41) is 0. The molecule has 1 amide bonds. The number of nitrogens with two attached hydrogens (primary N) is 1. The highest BCUT2D eigenvalue weighted by atomic mass is 35.5. The highest BCUT2D eigenvalue weighted by Gasteiger charge is 2.33. The lowest BCUT2D eigenvalue weighted by molar-refractivity contribution is -0.137. The van der Waals surface area contributed by atoms with E-state index in [1.165, 1.54) is 0 Å². The van der Waals surface area contributed by atoms with Gasteiger partial charge in [0.2, 0.25) is 5.91 Å². The first-order valence-electron chi connectivity index (χ1n) is 9.65. The highest BCUT2D eigenvalue weighted by molar-refractivity contribution is 5.86. The number of hydrogen-bond donors (Lipinski definition) is 1. The molecule has 0 bridgehead atoms. The van der Waals surface area contributed by atoms with Crippen LogP contribution >= 0.6 is 37.2 Å². The van der Waals surface area contributed by atoms with Crippen molar-refractivity contribution < 1.29 is 9.53 Å². The van der Waals surface area contributed by atoms with Crippen molar-refractivity contribution in [2.45, 2.75) is 51.3 Å². The predicted octanol–water partition coefficient (Wildman–Crippen LogP) is 1.63. The summed E-state index contributed by atoms with van der Waals surface area (Å²) >= 11 is 0. The summed E-state index contributed by atoms with van der Waals surface area (Å²) in [6, 6.07) is 0.816. The summed E-state index contributed by atoms with van der Waals surface area (Å²) in [6.07, 6.45) is 3.15. The van der Waals surface area contributed by atoms with E-state index in [0.29, 0.717) is 18.1 Å². The van der Waals surface area contributed by atoms with E-state index in [1.54, 1.807) is 0 Å². The topological polar surface area (TPSA) is 62.0 Å². The molecule has 2 aliphatic heterocycles. The maximum atomic E-state index is 12.6. The summed E-state index contributed by atoms with van der Waals surface area (Å²) < 4.78 is 5.95. The first kappa shape index (κ1) is 27.2. The largest absolute Gasteiger partial charge is 0.374 e. The van der Waals surface area contributed by atoms with Gasteiger partial charge in [-0.05, 0) is 33.1 Å². The van der Waals surface area contributed by atoms with Gasteiger partial charge in [-0.3, -0.25) is 14.6 Å². The normalized spacial score (nSPS) is 29.6. The smallest absolute Gasteiger partial charge is 0.225 e. The summed E-state index contributed by atoms with van der Waals surface area (Å²) in [7, 11) is 0. The van der Waals surface area contributed by atoms with Gasteiger partial charge in [0.25, 0.3) is 0 Å². The van der Waals surface area contributed by atoms with Gasteiger partial charge in [-0.15, -0.1) is 37.2 Å². The molecule has 0 radical (unpaired) electrons. The Balaban J connectivity index is 0.00000225. The van der Waals surface area contributed by atoms with Crippen molar-refractivity contribution >= 4 is 43.1 Å². The first-order valence-corrected chi connectivity index (χ1v) is 9.65. The van der Waals surface area contributed by atoms with Gasteiger partial charge >= 0.3 is 0 Å². The van der Waals surface area contributed by atoms with Crippen molar-refractivity contribution in [1.29, 1.82) is 0 Å². The molecular weight excluding hydrogens is 411 g/mol. The summed E-state index contributed by atoms with van der Waals surface area (Å²) in [4.78, 5) is 19.6. The molecule has 0 aromatic heterocycles. The van der Waals surface area contributed by atoms with E-state index in [0.717, 1.165) is 71.7 Å². The minimum absolute atomic E-state index is 0. The fraction of sp³-hybridized carbons (Fsp3) is 0.944. The lowest BCUT2D eigenvalue weighted by atomic mass is 10.1. The van der Waals surface area contributed by atoms with E-state index >= 15 is 0 Å². The molecule has 6 nitrogen and oxygen atoms in total. The number of morpholine rings is 1. The van der Waals surface area contributed by atoms with Gasteiger partial charge in [-0.25, -0.2) is 0 Å². The van der Waals surface area contributed by atoms with Gasteiger partial charge in [0, 0.05) is 63.8 Å². The van der Waals surface area contributed by atoms with Gasteiger partial charge in [-0.1, -0.05) is 0 Å². The Morgan fingerprint density at radius 1 is 1.07 bits per heavy atom. The zero-order valence-electron chi connectivity index (χ0n) is 16.5. The lowest BCUT2D eigenvalue weighted by Gasteiger charge is -2.40. The number of nitrogens with zero attached hydrogens (tertiary/aromatic N) is 3. The molecule has 1 aliphatic carbocycles. The molecule has 0 aromatic rings. The van der Waals surface area contributed by atoms with Crippen LogP contribution in [0.15, 0.2) is 0 Å². The van der Waals surface area contributed by atoms with Gasteiger partial charge < -0.3 is 15.4 Å². The molecule has 0 aromatic carbocycles. The van der Waals surface area contributed by atoms with Crippen molar-refractivity contribution in [2.24, 2.45) is 11.7 Å². The lowest BCUT2D eigenvalue weighted by Crippen LogP contribution is -2.54. The molecule has 3 aliphatic rings. The van der Waals surface area contributed by atoms with Crippen LogP contribution in [0.25, 0.3) is 0 Å². The Labute approximate surface area is 182 Å². The van der Waals surface area contributed by atoms with Crippen molar-refractivity contribution in [3.8, 4) is 0 Å². The van der Waals surface area contributed by atoms with Crippen molar-refractivity contribution in [2.75, 3.05) is 52.4 Å². The third kappa shape index (κ3) is 7.50. The fourth-order valence-corrected chi connectivity index (χ4v) is 4.26. The van der Waals surface area contributed by atoms with Gasteiger partial charge in [-0.2, -0.15) is 0 Å². The van der Waals surface area contributed by atoms with Crippen LogP contribution in [-0.4, -0.2) is 91.2 Å². The van der Waals surface area contributed by atoms with Crippen LogP contribution < -0.4 is 5.73 Å². The zero-order valence-corrected chi connectivity index (χ0v) is 19.0. The molecule has 3 fully saturated rings. The number of carbonyl (C=O) groups is 1. The van der Waals surface area contributed by atoms with Crippen LogP contribution in [-0.2, 0) is 9.53 Å². The summed E-state index contributed by atoms with van der Waals surface area (Å²) in [6.45, 7) is 12.0. The third-order valence-corrected chi connectivity index (χ3v) is 5.87. The first-order chi connectivity index (χ1) is 11.5. The fourth-order valence-electron chi connectivity index (χ4n) is 4.26. The number of rotatable bonds is 4. The Morgan fingerprint density at radius 3 is 2.30 bits per heavy atom. The summed E-state index contributed by atoms with van der Waals surface area (Å²) in [5.41, 5.74) is 5.95. The average molecular weight is 448 g/mol. The molecule has 2 saturated heterocycles. The van der Waals surface area contributed by atoms with Crippen LogP contribution in [0, 0.1) is 5.92 Å². The highest BCUT2D eigenvalue weighted by Crippen LogP contribution is 2.26. The molecule has 162 valence electrons. The number of hydrogen-bond acceptors (Lipinski definition) is 5. The van der Waals surface area contributed by atoms with Crippen LogP contribution in [0.1, 0.15) is 33.1 Å². The Morgan fingerprint density at radius 2 is 1.74 bits per heavy atom. The molecule has 3 unspecified atom stereocenters. The van der Waals surface area contributed by atoms with Crippen molar-refractivity contribution in [3.63, 3.8) is 0 Å². The number of amides is 1. The zero-order chi connectivity index (χ0) is 17.1. The quantitative estimate of drug-likeness (QED) is 0.710. The Bertz CT molecular complexity index is 437. The standard InChI is InChI=1S/C18H34N4O2.3ClH/c1-14(2)22-9-10-24-17(13-22)12-20-5-7-21(8-6-20)18(23)15-3-4-16(19)11-15;;;/h14-17H,3-13,19H2,1-2H3;3*1H. The molecule has 1 saturated carbocycles. The predicted molar refractivity (Wildman–Crippen MR) is 117 cm³/mol. The number of carbonyl (C=O) groups excluding carboxylic acids is 1. The Hall–Kier alpha value is 0.180. The molecule has 3 rings (SSSR count). The molecule has 27 heavy (non-hydrogen) atoms. The van der Waals surface area contributed by atoms with Gasteiger partial charge in [0.05, 0.1) is 12.7 Å². The molecule has 2 heterocycles. The third-order valence-electron chi connectivity index (χ3n) is 5.87. The van der Waals surface area contributed by atoms with Crippen LogP contribution in [0.2, 0.25) is 0 Å². The van der Waals surface area contributed by atoms with Crippen molar-refractivity contribution in [1.82, 2.24) is 14.7 Å². The second kappa shape index (κ2) is 12.7. The van der Waals surface area contributed by atoms with Crippen molar-refractivity contribution in [3.05, 3.63) is 0 Å². The van der Waals surface area contributed by atoms with Gasteiger partial charge in [0.1, 0.15) is 0 Å². The van der Waals surface area contributed by atoms with E-state index in [4.69, 9.17) is 10.5 Å². The molecule has 9 heteroatoms. The average Bonchev–Trinajstić information content (AvgIpc) is 3.01. The minimum Gasteiger partial charge on any atom is -0.374 e. The molecule has 3 atom stereocenters. The van der Waals surface area contributed by atoms with E-state index in [9.17, 15) is 4.79 Å².